The van der Waals surface area contributed by atoms with Crippen molar-refractivity contribution in [3.05, 3.63) is 66.4 Å². The first kappa shape index (κ1) is 18.0. The Hall–Kier alpha value is -3.35. The molecule has 3 amide bonds. The first-order chi connectivity index (χ1) is 12.1. The van der Waals surface area contributed by atoms with Gasteiger partial charge < -0.3 is 20.7 Å². The molecule has 0 atom stereocenters. The van der Waals surface area contributed by atoms with Crippen LogP contribution in [-0.2, 0) is 6.54 Å². The Bertz CT molecular complexity index is 744. The van der Waals surface area contributed by atoms with Gasteiger partial charge in [0.05, 0.1) is 7.11 Å². The Morgan fingerprint density at radius 1 is 1.20 bits per heavy atom. The number of carbonyl (C=O) groups excluding carboxylic acids is 2. The van der Waals surface area contributed by atoms with E-state index in [9.17, 15) is 9.59 Å². The molecule has 0 unspecified atom stereocenters. The van der Waals surface area contributed by atoms with Crippen LogP contribution in [-0.4, -0.2) is 30.6 Å². The van der Waals surface area contributed by atoms with Gasteiger partial charge in [0, 0.05) is 36.6 Å². The predicted molar refractivity (Wildman–Crippen MR) is 95.6 cm³/mol. The molecule has 25 heavy (non-hydrogen) atoms. The van der Waals surface area contributed by atoms with Crippen LogP contribution in [0.1, 0.15) is 15.9 Å². The lowest BCUT2D eigenvalue weighted by Gasteiger charge is -2.09. The number of pyridine rings is 1. The van der Waals surface area contributed by atoms with Gasteiger partial charge in [-0.3, -0.25) is 4.79 Å². The van der Waals surface area contributed by atoms with Crippen LogP contribution in [0.3, 0.4) is 0 Å². The van der Waals surface area contributed by atoms with E-state index in [1.165, 1.54) is 7.11 Å². The largest absolute Gasteiger partial charge is 0.481 e. The number of ether oxygens (including phenoxy) is 1. The van der Waals surface area contributed by atoms with E-state index >= 15 is 0 Å². The fraction of sp³-hybridized carbons (Fsp3) is 0.167. The number of methoxy groups -OCH3 is 1. The zero-order chi connectivity index (χ0) is 18.1. The second-order valence-electron chi connectivity index (χ2n) is 5.09. The van der Waals surface area contributed by atoms with Gasteiger partial charge >= 0.3 is 6.03 Å². The van der Waals surface area contributed by atoms with Gasteiger partial charge in [0.25, 0.3) is 5.91 Å². The minimum absolute atomic E-state index is 0.192. The molecule has 0 saturated carbocycles. The third kappa shape index (κ3) is 5.65. The highest BCUT2D eigenvalue weighted by atomic mass is 16.5. The van der Waals surface area contributed by atoms with E-state index in [0.29, 0.717) is 30.2 Å². The molecular formula is C18H20N4O3. The first-order valence-electron chi connectivity index (χ1n) is 7.65. The van der Waals surface area contributed by atoms with Crippen LogP contribution < -0.4 is 20.7 Å². The van der Waals surface area contributed by atoms with E-state index in [1.807, 2.05) is 0 Å². The Balaban J connectivity index is 1.85. The maximum atomic E-state index is 11.9. The number of hydrogen-bond donors (Lipinski definition) is 3. The first-order valence-corrected chi connectivity index (χ1v) is 7.65. The van der Waals surface area contributed by atoms with Gasteiger partial charge in [-0.2, -0.15) is 0 Å². The van der Waals surface area contributed by atoms with Crippen molar-refractivity contribution in [1.29, 1.82) is 0 Å². The molecule has 0 aliphatic carbocycles. The molecule has 130 valence electrons. The molecule has 0 bridgehead atoms. The average molecular weight is 340 g/mol. The Morgan fingerprint density at radius 2 is 1.96 bits per heavy atom. The van der Waals surface area contributed by atoms with Gasteiger partial charge in [-0.25, -0.2) is 9.78 Å². The van der Waals surface area contributed by atoms with Crippen molar-refractivity contribution in [2.45, 2.75) is 6.54 Å². The van der Waals surface area contributed by atoms with Crippen molar-refractivity contribution in [1.82, 2.24) is 15.6 Å². The smallest absolute Gasteiger partial charge is 0.319 e. The lowest BCUT2D eigenvalue weighted by atomic mass is 10.2. The number of urea groups is 1. The van der Waals surface area contributed by atoms with Gasteiger partial charge in [0.1, 0.15) is 0 Å². The molecule has 0 radical (unpaired) electrons. The number of aromatic nitrogens is 1. The molecule has 0 aliphatic rings. The van der Waals surface area contributed by atoms with Crippen molar-refractivity contribution < 1.29 is 14.3 Å². The van der Waals surface area contributed by atoms with Crippen molar-refractivity contribution in [3.8, 4) is 5.88 Å². The topological polar surface area (TPSA) is 92.4 Å². The number of hydrogen-bond acceptors (Lipinski definition) is 4. The summed E-state index contributed by atoms with van der Waals surface area (Å²) in [6.45, 7) is 4.29. The fourth-order valence-electron chi connectivity index (χ4n) is 2.00. The van der Waals surface area contributed by atoms with Crippen molar-refractivity contribution in [2.75, 3.05) is 19.0 Å². The SMILES string of the molecule is C=CCNC(=O)c1ccc(NC(=O)NCc2ccnc(OC)c2)cc1. The van der Waals surface area contributed by atoms with E-state index in [1.54, 1.807) is 48.7 Å². The predicted octanol–water partition coefficient (Wildman–Crippen LogP) is 2.33. The normalized spacial score (nSPS) is 9.80. The number of anilines is 1. The van der Waals surface area contributed by atoms with Gasteiger partial charge in [-0.05, 0) is 35.9 Å². The summed E-state index contributed by atoms with van der Waals surface area (Å²) in [6, 6.07) is 9.80. The maximum Gasteiger partial charge on any atom is 0.319 e. The van der Waals surface area contributed by atoms with Crippen molar-refractivity contribution >= 4 is 17.6 Å². The molecule has 0 aliphatic heterocycles. The lowest BCUT2D eigenvalue weighted by molar-refractivity contribution is 0.0958. The number of carbonyl (C=O) groups is 2. The molecule has 1 aromatic heterocycles. The summed E-state index contributed by atoms with van der Waals surface area (Å²) in [7, 11) is 1.54. The number of amides is 3. The fourth-order valence-corrected chi connectivity index (χ4v) is 2.00. The summed E-state index contributed by atoms with van der Waals surface area (Å²) in [5.41, 5.74) is 1.97. The molecule has 0 fully saturated rings. The van der Waals surface area contributed by atoms with E-state index in [2.05, 4.69) is 27.5 Å². The number of nitrogens with zero attached hydrogens (tertiary/aromatic N) is 1. The van der Waals surface area contributed by atoms with Crippen LogP contribution in [0.5, 0.6) is 5.88 Å². The van der Waals surface area contributed by atoms with E-state index in [0.717, 1.165) is 5.56 Å². The summed E-state index contributed by atoms with van der Waals surface area (Å²) < 4.78 is 5.03. The summed E-state index contributed by atoms with van der Waals surface area (Å²) >= 11 is 0. The third-order valence-corrected chi connectivity index (χ3v) is 3.27. The van der Waals surface area contributed by atoms with E-state index < -0.39 is 0 Å². The molecular weight excluding hydrogens is 320 g/mol. The Morgan fingerprint density at radius 3 is 2.64 bits per heavy atom. The minimum atomic E-state index is -0.348. The van der Waals surface area contributed by atoms with Crippen LogP contribution in [0.15, 0.2) is 55.3 Å². The third-order valence-electron chi connectivity index (χ3n) is 3.27. The summed E-state index contributed by atoms with van der Waals surface area (Å²) in [4.78, 5) is 27.7. The van der Waals surface area contributed by atoms with Crippen LogP contribution in [0, 0.1) is 0 Å². The highest BCUT2D eigenvalue weighted by Gasteiger charge is 2.06. The summed E-state index contributed by atoms with van der Waals surface area (Å²) in [5.74, 6) is 0.299. The standard InChI is InChI=1S/C18H20N4O3/c1-3-9-20-17(23)14-4-6-15(7-5-14)22-18(24)21-12-13-8-10-19-16(11-13)25-2/h3-8,10-11H,1,9,12H2,2H3,(H,20,23)(H2,21,22,24). The van der Waals surface area contributed by atoms with Gasteiger partial charge in [0.15, 0.2) is 0 Å². The summed E-state index contributed by atoms with van der Waals surface area (Å²) in [5, 5.41) is 8.13. The molecule has 1 heterocycles. The number of nitrogens with one attached hydrogen (secondary N) is 3. The summed E-state index contributed by atoms with van der Waals surface area (Å²) in [6.07, 6.45) is 3.22. The molecule has 2 aromatic rings. The zero-order valence-corrected chi connectivity index (χ0v) is 13.9. The van der Waals surface area contributed by atoms with Crippen molar-refractivity contribution in [2.24, 2.45) is 0 Å². The molecule has 7 nitrogen and oxygen atoms in total. The van der Waals surface area contributed by atoms with Gasteiger partial charge in [-0.1, -0.05) is 6.08 Å². The van der Waals surface area contributed by atoms with E-state index in [-0.39, 0.29) is 11.9 Å². The molecule has 2 rings (SSSR count). The van der Waals surface area contributed by atoms with Crippen LogP contribution >= 0.6 is 0 Å². The van der Waals surface area contributed by atoms with Crippen LogP contribution in [0.2, 0.25) is 0 Å². The minimum Gasteiger partial charge on any atom is -0.481 e. The highest BCUT2D eigenvalue weighted by Crippen LogP contribution is 2.10. The Labute approximate surface area is 146 Å². The number of rotatable bonds is 7. The highest BCUT2D eigenvalue weighted by molar-refractivity contribution is 5.95. The molecule has 7 heteroatoms. The van der Waals surface area contributed by atoms with Crippen molar-refractivity contribution in [3.63, 3.8) is 0 Å². The van der Waals surface area contributed by atoms with Crippen LogP contribution in [0.25, 0.3) is 0 Å². The monoisotopic (exact) mass is 340 g/mol. The van der Waals surface area contributed by atoms with Crippen LogP contribution in [0.4, 0.5) is 10.5 Å². The maximum absolute atomic E-state index is 11.9. The number of benzene rings is 1. The quantitative estimate of drug-likeness (QED) is 0.675. The van der Waals surface area contributed by atoms with E-state index in [4.69, 9.17) is 4.74 Å². The van der Waals surface area contributed by atoms with Gasteiger partial charge in [0.2, 0.25) is 5.88 Å². The molecule has 0 spiro atoms. The van der Waals surface area contributed by atoms with Gasteiger partial charge in [-0.15, -0.1) is 6.58 Å². The molecule has 1 aromatic carbocycles. The molecule has 0 saturated heterocycles. The zero-order valence-electron chi connectivity index (χ0n) is 13.9. The lowest BCUT2D eigenvalue weighted by Crippen LogP contribution is -2.28. The average Bonchev–Trinajstić information content (AvgIpc) is 2.65. The molecule has 3 N–H and O–H groups in total. The second kappa shape index (κ2) is 9.07. The second-order valence-corrected chi connectivity index (χ2v) is 5.09. The Kier molecular flexibility index (Phi) is 6.53.